The van der Waals surface area contributed by atoms with Gasteiger partial charge in [-0.25, -0.2) is 8.42 Å². The predicted octanol–water partition coefficient (Wildman–Crippen LogP) is 3.73. The van der Waals surface area contributed by atoms with Crippen molar-refractivity contribution in [3.8, 4) is 5.75 Å². The fourth-order valence-corrected chi connectivity index (χ4v) is 4.71. The first-order valence-electron chi connectivity index (χ1n) is 8.48. The first-order chi connectivity index (χ1) is 12.5. The predicted molar refractivity (Wildman–Crippen MR) is 108 cm³/mol. The van der Waals surface area contributed by atoms with Gasteiger partial charge in [0.15, 0.2) is 12.4 Å². The van der Waals surface area contributed by atoms with Crippen LogP contribution in [0.4, 0.5) is 0 Å². The van der Waals surface area contributed by atoms with Crippen molar-refractivity contribution < 1.29 is 17.9 Å². The van der Waals surface area contributed by atoms with Crippen LogP contribution in [0.15, 0.2) is 53.4 Å². The van der Waals surface area contributed by atoms with Crippen molar-refractivity contribution in [2.75, 3.05) is 19.7 Å². The number of benzene rings is 2. The summed E-state index contributed by atoms with van der Waals surface area (Å²) in [4.78, 5) is 12.4. The second kappa shape index (κ2) is 8.49. The average molecular weight is 485 g/mol. The SMILES string of the molecule is O=C(COc1ccc(S(=O)(=O)N2CCCCC2)cc1)c1ccc(I)cc1. The molecule has 1 aliphatic rings. The van der Waals surface area contributed by atoms with E-state index in [-0.39, 0.29) is 17.3 Å². The summed E-state index contributed by atoms with van der Waals surface area (Å²) in [6.07, 6.45) is 2.88. The van der Waals surface area contributed by atoms with Gasteiger partial charge in [0.2, 0.25) is 10.0 Å². The molecule has 0 amide bonds. The molecule has 2 aromatic rings. The van der Waals surface area contributed by atoms with Crippen LogP contribution < -0.4 is 4.74 Å². The molecule has 2 aromatic carbocycles. The van der Waals surface area contributed by atoms with Gasteiger partial charge in [-0.05, 0) is 71.8 Å². The lowest BCUT2D eigenvalue weighted by molar-refractivity contribution is 0.0921. The molecule has 26 heavy (non-hydrogen) atoms. The summed E-state index contributed by atoms with van der Waals surface area (Å²) in [6, 6.07) is 13.5. The highest BCUT2D eigenvalue weighted by Gasteiger charge is 2.25. The maximum absolute atomic E-state index is 12.6. The molecule has 1 saturated heterocycles. The highest BCUT2D eigenvalue weighted by atomic mass is 127. The normalized spacial score (nSPS) is 15.6. The number of nitrogens with zero attached hydrogens (tertiary/aromatic N) is 1. The Hall–Kier alpha value is -1.45. The lowest BCUT2D eigenvalue weighted by Crippen LogP contribution is -2.35. The van der Waals surface area contributed by atoms with Gasteiger partial charge in [-0.15, -0.1) is 0 Å². The molecule has 1 fully saturated rings. The Morgan fingerprint density at radius 1 is 0.962 bits per heavy atom. The zero-order valence-corrected chi connectivity index (χ0v) is 17.2. The summed E-state index contributed by atoms with van der Waals surface area (Å²) in [5, 5.41) is 0. The first kappa shape index (κ1) is 19.3. The summed E-state index contributed by atoms with van der Waals surface area (Å²) in [5.41, 5.74) is 0.592. The summed E-state index contributed by atoms with van der Waals surface area (Å²) >= 11 is 2.18. The second-order valence-corrected chi connectivity index (χ2v) is 9.34. The molecule has 0 atom stereocenters. The maximum atomic E-state index is 12.6. The van der Waals surface area contributed by atoms with E-state index in [0.717, 1.165) is 22.8 Å². The topological polar surface area (TPSA) is 63.7 Å². The number of sulfonamides is 1. The lowest BCUT2D eigenvalue weighted by atomic mass is 10.1. The van der Waals surface area contributed by atoms with Crippen LogP contribution in [0.25, 0.3) is 0 Å². The smallest absolute Gasteiger partial charge is 0.243 e. The third-order valence-corrected chi connectivity index (χ3v) is 6.94. The van der Waals surface area contributed by atoms with E-state index in [9.17, 15) is 13.2 Å². The number of hydrogen-bond donors (Lipinski definition) is 0. The molecule has 0 N–H and O–H groups in total. The number of ether oxygens (including phenoxy) is 1. The highest BCUT2D eigenvalue weighted by molar-refractivity contribution is 14.1. The minimum Gasteiger partial charge on any atom is -0.485 e. The van der Waals surface area contributed by atoms with Crippen molar-refractivity contribution in [1.82, 2.24) is 4.31 Å². The summed E-state index contributed by atoms with van der Waals surface area (Å²) in [5.74, 6) is 0.355. The van der Waals surface area contributed by atoms with Gasteiger partial charge in [-0.3, -0.25) is 4.79 Å². The molecular formula is C19H20INO4S. The minimum absolute atomic E-state index is 0.0845. The fraction of sp³-hybridized carbons (Fsp3) is 0.316. The minimum atomic E-state index is -3.45. The Bertz CT molecular complexity index is 857. The van der Waals surface area contributed by atoms with E-state index in [4.69, 9.17) is 4.74 Å². The Kier molecular flexibility index (Phi) is 6.31. The molecule has 1 aliphatic heterocycles. The van der Waals surface area contributed by atoms with Gasteiger partial charge in [0.1, 0.15) is 5.75 Å². The molecule has 0 aromatic heterocycles. The number of rotatable bonds is 6. The third-order valence-electron chi connectivity index (χ3n) is 4.31. The zero-order chi connectivity index (χ0) is 18.6. The summed E-state index contributed by atoms with van der Waals surface area (Å²) in [6.45, 7) is 1.06. The van der Waals surface area contributed by atoms with Crippen LogP contribution in [0.3, 0.4) is 0 Å². The van der Waals surface area contributed by atoms with E-state index < -0.39 is 10.0 Å². The van der Waals surface area contributed by atoms with Crippen molar-refractivity contribution >= 4 is 38.4 Å². The van der Waals surface area contributed by atoms with Crippen LogP contribution >= 0.6 is 22.6 Å². The second-order valence-electron chi connectivity index (χ2n) is 6.15. The number of halogens is 1. The van der Waals surface area contributed by atoms with Crippen LogP contribution in [0, 0.1) is 3.57 Å². The maximum Gasteiger partial charge on any atom is 0.243 e. The fourth-order valence-electron chi connectivity index (χ4n) is 2.83. The van der Waals surface area contributed by atoms with Crippen molar-refractivity contribution in [1.29, 1.82) is 0 Å². The van der Waals surface area contributed by atoms with Crippen LogP contribution in [-0.2, 0) is 10.0 Å². The van der Waals surface area contributed by atoms with E-state index >= 15 is 0 Å². The molecule has 0 aliphatic carbocycles. The van der Waals surface area contributed by atoms with Crippen LogP contribution in [-0.4, -0.2) is 38.2 Å². The Labute approximate surface area is 167 Å². The largest absolute Gasteiger partial charge is 0.485 e. The number of ketones is 1. The van der Waals surface area contributed by atoms with Gasteiger partial charge < -0.3 is 4.74 Å². The molecule has 3 rings (SSSR count). The van der Waals surface area contributed by atoms with Crippen molar-refractivity contribution in [3.05, 3.63) is 57.7 Å². The highest BCUT2D eigenvalue weighted by Crippen LogP contribution is 2.22. The lowest BCUT2D eigenvalue weighted by Gasteiger charge is -2.25. The molecule has 1 heterocycles. The van der Waals surface area contributed by atoms with Gasteiger partial charge >= 0.3 is 0 Å². The number of carbonyl (C=O) groups excluding carboxylic acids is 1. The van der Waals surface area contributed by atoms with Crippen molar-refractivity contribution in [2.24, 2.45) is 0 Å². The standard InChI is InChI=1S/C19H20INO4S/c20-16-6-4-15(5-7-16)19(22)14-25-17-8-10-18(11-9-17)26(23,24)21-12-2-1-3-13-21/h4-11H,1-3,12-14H2. The van der Waals surface area contributed by atoms with E-state index in [2.05, 4.69) is 22.6 Å². The third kappa shape index (κ3) is 4.63. The number of carbonyl (C=O) groups is 1. The molecule has 5 nitrogen and oxygen atoms in total. The molecule has 0 radical (unpaired) electrons. The van der Waals surface area contributed by atoms with E-state index in [1.54, 1.807) is 24.3 Å². The van der Waals surface area contributed by atoms with Crippen molar-refractivity contribution in [2.45, 2.75) is 24.2 Å². The Morgan fingerprint density at radius 2 is 1.58 bits per heavy atom. The molecular weight excluding hydrogens is 465 g/mol. The van der Waals surface area contributed by atoms with Gasteiger partial charge in [0, 0.05) is 22.2 Å². The number of piperidine rings is 1. The first-order valence-corrected chi connectivity index (χ1v) is 11.0. The monoisotopic (exact) mass is 485 g/mol. The van der Waals surface area contributed by atoms with Crippen LogP contribution in [0.1, 0.15) is 29.6 Å². The Morgan fingerprint density at radius 3 is 2.19 bits per heavy atom. The number of hydrogen-bond acceptors (Lipinski definition) is 4. The van der Waals surface area contributed by atoms with Crippen molar-refractivity contribution in [3.63, 3.8) is 0 Å². The van der Waals surface area contributed by atoms with Gasteiger partial charge in [0.05, 0.1) is 4.90 Å². The summed E-state index contributed by atoms with van der Waals surface area (Å²) in [7, 11) is -3.45. The molecule has 0 unspecified atom stereocenters. The molecule has 0 saturated carbocycles. The molecule has 0 bridgehead atoms. The summed E-state index contributed by atoms with van der Waals surface area (Å²) < 4.78 is 33.3. The molecule has 0 spiro atoms. The zero-order valence-electron chi connectivity index (χ0n) is 14.2. The number of Topliss-reactive ketones (excluding diaryl/α,β-unsaturated/α-hetero) is 1. The quantitative estimate of drug-likeness (QED) is 0.462. The van der Waals surface area contributed by atoms with Gasteiger partial charge in [0.25, 0.3) is 0 Å². The molecule has 7 heteroatoms. The van der Waals surface area contributed by atoms with Gasteiger partial charge in [-0.2, -0.15) is 4.31 Å². The van der Waals surface area contributed by atoms with Crippen LogP contribution in [0.5, 0.6) is 5.75 Å². The van der Waals surface area contributed by atoms with Gasteiger partial charge in [-0.1, -0.05) is 18.6 Å². The van der Waals surface area contributed by atoms with E-state index in [1.165, 1.54) is 16.4 Å². The van der Waals surface area contributed by atoms with E-state index in [1.807, 2.05) is 12.1 Å². The molecule has 138 valence electrons. The van der Waals surface area contributed by atoms with Crippen LogP contribution in [0.2, 0.25) is 0 Å². The Balaban J connectivity index is 1.62. The van der Waals surface area contributed by atoms with E-state index in [0.29, 0.717) is 24.4 Å². The average Bonchev–Trinajstić information content (AvgIpc) is 2.67.